The lowest BCUT2D eigenvalue weighted by atomic mass is 10.2. The van der Waals surface area contributed by atoms with E-state index in [1.165, 1.54) is 6.07 Å². The van der Waals surface area contributed by atoms with E-state index in [0.29, 0.717) is 12.4 Å². The molecule has 0 saturated carbocycles. The Labute approximate surface area is 106 Å². The first-order valence-electron chi connectivity index (χ1n) is 5.57. The van der Waals surface area contributed by atoms with Crippen LogP contribution in [0.5, 0.6) is 0 Å². The second-order valence-corrected chi connectivity index (χ2v) is 3.73. The van der Waals surface area contributed by atoms with Gasteiger partial charge >= 0.3 is 6.18 Å². The molecule has 2 aromatic rings. The highest BCUT2D eigenvalue weighted by Crippen LogP contribution is 2.29. The van der Waals surface area contributed by atoms with Crippen molar-refractivity contribution in [3.8, 4) is 11.6 Å². The van der Waals surface area contributed by atoms with E-state index >= 15 is 0 Å². The number of alkyl halides is 3. The maximum absolute atomic E-state index is 12.4. The molecule has 1 N–H and O–H groups in total. The molecular weight excluding hydrogens is 261 g/mol. The molecule has 0 unspecified atom stereocenters. The number of nitrogens with one attached hydrogen (secondary N) is 1. The third-order valence-electron chi connectivity index (χ3n) is 2.31. The van der Waals surface area contributed by atoms with Gasteiger partial charge in [0.05, 0.1) is 12.1 Å². The van der Waals surface area contributed by atoms with Gasteiger partial charge in [0, 0.05) is 6.20 Å². The van der Waals surface area contributed by atoms with Gasteiger partial charge in [-0.25, -0.2) is 0 Å². The number of hydrogen-bond donors (Lipinski definition) is 1. The normalized spacial score (nSPS) is 11.8. The summed E-state index contributed by atoms with van der Waals surface area (Å²) in [6.07, 6.45) is -3.67. The first-order valence-corrected chi connectivity index (χ1v) is 5.57. The highest BCUT2D eigenvalue weighted by molar-refractivity contribution is 5.46. The summed E-state index contributed by atoms with van der Waals surface area (Å²) in [6, 6.07) is 2.13. The molecule has 0 amide bonds. The zero-order valence-corrected chi connectivity index (χ0v) is 10.0. The van der Waals surface area contributed by atoms with Crippen LogP contribution in [0.3, 0.4) is 0 Å². The molecule has 102 valence electrons. The SMILES string of the molecule is CCNCc1noc(-c2ccc(C(F)(F)F)cn2)n1. The Kier molecular flexibility index (Phi) is 3.79. The number of halogens is 3. The highest BCUT2D eigenvalue weighted by atomic mass is 19.4. The van der Waals surface area contributed by atoms with Crippen molar-refractivity contribution in [2.24, 2.45) is 0 Å². The Bertz CT molecular complexity index is 536. The highest BCUT2D eigenvalue weighted by Gasteiger charge is 2.30. The molecule has 0 fully saturated rings. The van der Waals surface area contributed by atoms with Crippen LogP contribution in [-0.2, 0) is 12.7 Å². The van der Waals surface area contributed by atoms with Crippen LogP contribution in [0.2, 0.25) is 0 Å². The fourth-order valence-electron chi connectivity index (χ4n) is 1.35. The van der Waals surface area contributed by atoms with Gasteiger partial charge in [0.25, 0.3) is 5.89 Å². The van der Waals surface area contributed by atoms with E-state index in [4.69, 9.17) is 4.52 Å². The van der Waals surface area contributed by atoms with Crippen LogP contribution >= 0.6 is 0 Å². The Morgan fingerprint density at radius 3 is 2.68 bits per heavy atom. The number of hydrogen-bond acceptors (Lipinski definition) is 5. The molecule has 2 heterocycles. The predicted molar refractivity (Wildman–Crippen MR) is 59.9 cm³/mol. The zero-order valence-electron chi connectivity index (χ0n) is 10.0. The minimum absolute atomic E-state index is 0.0987. The van der Waals surface area contributed by atoms with E-state index in [9.17, 15) is 13.2 Å². The zero-order chi connectivity index (χ0) is 13.9. The van der Waals surface area contributed by atoms with Gasteiger partial charge in [-0.15, -0.1) is 0 Å². The van der Waals surface area contributed by atoms with Gasteiger partial charge in [-0.1, -0.05) is 12.1 Å². The van der Waals surface area contributed by atoms with E-state index in [0.717, 1.165) is 18.8 Å². The second kappa shape index (κ2) is 5.35. The summed E-state index contributed by atoms with van der Waals surface area (Å²) in [5.41, 5.74) is -0.605. The molecule has 0 radical (unpaired) electrons. The third kappa shape index (κ3) is 3.28. The molecule has 0 spiro atoms. The molecule has 5 nitrogen and oxygen atoms in total. The van der Waals surface area contributed by atoms with Gasteiger partial charge in [0.2, 0.25) is 0 Å². The Balaban J connectivity index is 2.16. The average molecular weight is 272 g/mol. The molecule has 0 saturated heterocycles. The van der Waals surface area contributed by atoms with E-state index < -0.39 is 11.7 Å². The van der Waals surface area contributed by atoms with Crippen molar-refractivity contribution in [2.45, 2.75) is 19.6 Å². The summed E-state index contributed by atoms with van der Waals surface area (Å²) in [6.45, 7) is 3.11. The summed E-state index contributed by atoms with van der Waals surface area (Å²) in [4.78, 5) is 7.70. The maximum Gasteiger partial charge on any atom is 0.417 e. The number of nitrogens with zero attached hydrogens (tertiary/aromatic N) is 3. The van der Waals surface area contributed by atoms with Crippen LogP contribution in [0.1, 0.15) is 18.3 Å². The first kappa shape index (κ1) is 13.5. The summed E-state index contributed by atoms with van der Waals surface area (Å²) in [7, 11) is 0. The quantitative estimate of drug-likeness (QED) is 0.924. The molecule has 2 rings (SSSR count). The van der Waals surface area contributed by atoms with Crippen molar-refractivity contribution in [1.29, 1.82) is 0 Å². The lowest BCUT2D eigenvalue weighted by Crippen LogP contribution is -2.12. The Morgan fingerprint density at radius 2 is 2.11 bits per heavy atom. The van der Waals surface area contributed by atoms with E-state index in [2.05, 4.69) is 20.4 Å². The van der Waals surface area contributed by atoms with E-state index in [-0.39, 0.29) is 11.6 Å². The fraction of sp³-hybridized carbons (Fsp3) is 0.364. The van der Waals surface area contributed by atoms with Crippen LogP contribution < -0.4 is 5.32 Å². The molecule has 0 aliphatic rings. The van der Waals surface area contributed by atoms with Gasteiger partial charge in [-0.2, -0.15) is 18.2 Å². The Morgan fingerprint density at radius 1 is 1.32 bits per heavy atom. The van der Waals surface area contributed by atoms with Gasteiger partial charge in [-0.05, 0) is 18.7 Å². The van der Waals surface area contributed by atoms with Gasteiger partial charge in [-0.3, -0.25) is 4.98 Å². The molecule has 19 heavy (non-hydrogen) atoms. The van der Waals surface area contributed by atoms with E-state index in [1.54, 1.807) is 0 Å². The number of rotatable bonds is 4. The minimum atomic E-state index is -4.41. The summed E-state index contributed by atoms with van der Waals surface area (Å²) >= 11 is 0. The standard InChI is InChI=1S/C11H11F3N4O/c1-2-15-6-9-17-10(19-18-9)8-4-3-7(5-16-8)11(12,13)14/h3-5,15H,2,6H2,1H3. The topological polar surface area (TPSA) is 63.8 Å². The molecule has 0 aliphatic heterocycles. The van der Waals surface area contributed by atoms with Crippen LogP contribution in [0, 0.1) is 0 Å². The average Bonchev–Trinajstić information content (AvgIpc) is 2.84. The summed E-state index contributed by atoms with van der Waals surface area (Å²) < 4.78 is 42.0. The van der Waals surface area contributed by atoms with Crippen molar-refractivity contribution >= 4 is 0 Å². The van der Waals surface area contributed by atoms with Crippen molar-refractivity contribution in [1.82, 2.24) is 20.4 Å². The van der Waals surface area contributed by atoms with Crippen LogP contribution in [-0.4, -0.2) is 21.7 Å². The lowest BCUT2D eigenvalue weighted by molar-refractivity contribution is -0.137. The maximum atomic E-state index is 12.4. The fourth-order valence-corrected chi connectivity index (χ4v) is 1.35. The molecule has 8 heteroatoms. The molecule has 0 aromatic carbocycles. The van der Waals surface area contributed by atoms with Gasteiger partial charge in [0.15, 0.2) is 5.82 Å². The summed E-state index contributed by atoms with van der Waals surface area (Å²) in [5.74, 6) is 0.528. The van der Waals surface area contributed by atoms with Crippen molar-refractivity contribution in [3.63, 3.8) is 0 Å². The molecule has 0 atom stereocenters. The minimum Gasteiger partial charge on any atom is -0.332 e. The first-order chi connectivity index (χ1) is 9.00. The number of pyridine rings is 1. The molecule has 2 aromatic heterocycles. The monoisotopic (exact) mass is 272 g/mol. The largest absolute Gasteiger partial charge is 0.417 e. The van der Waals surface area contributed by atoms with Crippen molar-refractivity contribution in [2.75, 3.05) is 6.54 Å². The van der Waals surface area contributed by atoms with Crippen molar-refractivity contribution in [3.05, 3.63) is 29.7 Å². The summed E-state index contributed by atoms with van der Waals surface area (Å²) in [5, 5.41) is 6.69. The van der Waals surface area contributed by atoms with Gasteiger partial charge in [0.1, 0.15) is 5.69 Å². The number of aromatic nitrogens is 3. The lowest BCUT2D eigenvalue weighted by Gasteiger charge is -2.05. The van der Waals surface area contributed by atoms with Crippen LogP contribution in [0.4, 0.5) is 13.2 Å². The predicted octanol–water partition coefficient (Wildman–Crippen LogP) is 2.26. The van der Waals surface area contributed by atoms with Crippen LogP contribution in [0.25, 0.3) is 11.6 Å². The third-order valence-corrected chi connectivity index (χ3v) is 2.31. The second-order valence-electron chi connectivity index (χ2n) is 3.73. The van der Waals surface area contributed by atoms with Gasteiger partial charge < -0.3 is 9.84 Å². The van der Waals surface area contributed by atoms with Crippen LogP contribution in [0.15, 0.2) is 22.9 Å². The Hall–Kier alpha value is -1.96. The molecule has 0 aliphatic carbocycles. The van der Waals surface area contributed by atoms with Crippen molar-refractivity contribution < 1.29 is 17.7 Å². The smallest absolute Gasteiger partial charge is 0.332 e. The van der Waals surface area contributed by atoms with E-state index in [1.807, 2.05) is 6.92 Å². The molecule has 0 bridgehead atoms. The molecular formula is C11H11F3N4O.